The molecule has 0 aliphatic carbocycles. The Kier molecular flexibility index (Phi) is 3.35. The average molecular weight is 213 g/mol. The van der Waals surface area contributed by atoms with Gasteiger partial charge in [-0.05, 0) is 42.5 Å². The maximum absolute atomic E-state index is 12.7. The van der Waals surface area contributed by atoms with Crippen molar-refractivity contribution in [3.63, 3.8) is 0 Å². The molecule has 0 saturated carbocycles. The minimum absolute atomic E-state index is 0.191. The molecule has 0 heterocycles. The fraction of sp³-hybridized carbons (Fsp3) is 0.133. The second-order valence-corrected chi connectivity index (χ2v) is 3.94. The largest absolute Gasteiger partial charge is 0.207 e. The highest BCUT2D eigenvalue weighted by molar-refractivity contribution is 5.25. The van der Waals surface area contributed by atoms with E-state index >= 15 is 0 Å². The zero-order valence-corrected chi connectivity index (χ0v) is 9.07. The van der Waals surface area contributed by atoms with E-state index in [1.54, 1.807) is 0 Å². The van der Waals surface area contributed by atoms with Crippen LogP contribution in [0.1, 0.15) is 17.0 Å². The number of benzene rings is 2. The van der Waals surface area contributed by atoms with Crippen LogP contribution < -0.4 is 0 Å². The summed E-state index contributed by atoms with van der Waals surface area (Å²) in [6.07, 6.45) is 0.838. The summed E-state index contributed by atoms with van der Waals surface area (Å²) in [5.41, 5.74) is 2.33. The predicted molar refractivity (Wildman–Crippen MR) is 64.6 cm³/mol. The first-order valence-corrected chi connectivity index (χ1v) is 5.38. The summed E-state index contributed by atoms with van der Waals surface area (Å²) in [7, 11) is 0. The van der Waals surface area contributed by atoms with E-state index < -0.39 is 0 Å². The van der Waals surface area contributed by atoms with Gasteiger partial charge in [-0.25, -0.2) is 4.39 Å². The van der Waals surface area contributed by atoms with Crippen molar-refractivity contribution in [1.29, 1.82) is 0 Å². The Morgan fingerprint density at radius 3 is 2.19 bits per heavy atom. The molecule has 2 aromatic carbocycles. The van der Waals surface area contributed by atoms with Crippen LogP contribution in [-0.4, -0.2) is 0 Å². The summed E-state index contributed by atoms with van der Waals surface area (Å²) in [6.45, 7) is 4.13. The maximum Gasteiger partial charge on any atom is 0.123 e. The van der Waals surface area contributed by atoms with Crippen LogP contribution in [0.4, 0.5) is 4.39 Å². The Balaban J connectivity index is 2.08. The molecule has 0 nitrogen and oxygen atoms in total. The molecule has 0 N–H and O–H groups in total. The third-order valence-corrected chi connectivity index (χ3v) is 2.67. The van der Waals surface area contributed by atoms with Gasteiger partial charge in [-0.15, -0.1) is 0 Å². The van der Waals surface area contributed by atoms with Gasteiger partial charge in [-0.1, -0.05) is 42.5 Å². The number of hydrogen-bond donors (Lipinski definition) is 0. The summed E-state index contributed by atoms with van der Waals surface area (Å²) in [6, 6.07) is 16.8. The molecule has 2 aromatic rings. The third-order valence-electron chi connectivity index (χ3n) is 2.67. The number of halogens is 1. The van der Waals surface area contributed by atoms with Gasteiger partial charge >= 0.3 is 0 Å². The Morgan fingerprint density at radius 2 is 1.56 bits per heavy atom. The standard InChI is InChI=1S/C15H14F/c1-12(14-5-3-2-4-6-14)11-13-7-9-15(16)10-8-13/h2-10,12H,1,11H2/t12-/m0/s1. The van der Waals surface area contributed by atoms with E-state index in [2.05, 4.69) is 19.1 Å². The van der Waals surface area contributed by atoms with Crippen LogP contribution in [0, 0.1) is 12.7 Å². The monoisotopic (exact) mass is 213 g/mol. The van der Waals surface area contributed by atoms with Crippen LogP contribution in [-0.2, 0) is 6.42 Å². The van der Waals surface area contributed by atoms with Crippen molar-refractivity contribution in [1.82, 2.24) is 0 Å². The molecule has 81 valence electrons. The van der Waals surface area contributed by atoms with Crippen LogP contribution in [0.2, 0.25) is 0 Å². The predicted octanol–water partition coefficient (Wildman–Crippen LogP) is 3.99. The van der Waals surface area contributed by atoms with Crippen molar-refractivity contribution in [3.05, 3.63) is 78.5 Å². The minimum atomic E-state index is -0.191. The summed E-state index contributed by atoms with van der Waals surface area (Å²) in [4.78, 5) is 0. The van der Waals surface area contributed by atoms with E-state index in [4.69, 9.17) is 0 Å². The zero-order valence-electron chi connectivity index (χ0n) is 9.07. The lowest BCUT2D eigenvalue weighted by Gasteiger charge is -2.11. The fourth-order valence-corrected chi connectivity index (χ4v) is 1.75. The van der Waals surface area contributed by atoms with Gasteiger partial charge in [0.25, 0.3) is 0 Å². The highest BCUT2D eigenvalue weighted by atomic mass is 19.1. The molecule has 0 bridgehead atoms. The highest BCUT2D eigenvalue weighted by Gasteiger charge is 2.05. The summed E-state index contributed by atoms with van der Waals surface area (Å²) >= 11 is 0. The second-order valence-electron chi connectivity index (χ2n) is 3.94. The molecular weight excluding hydrogens is 199 g/mol. The van der Waals surface area contributed by atoms with Gasteiger partial charge in [-0.2, -0.15) is 0 Å². The van der Waals surface area contributed by atoms with Crippen molar-refractivity contribution in [2.45, 2.75) is 12.3 Å². The Morgan fingerprint density at radius 1 is 0.938 bits per heavy atom. The van der Waals surface area contributed by atoms with E-state index in [0.29, 0.717) is 0 Å². The number of rotatable bonds is 3. The highest BCUT2D eigenvalue weighted by Crippen LogP contribution is 2.19. The zero-order chi connectivity index (χ0) is 11.4. The van der Waals surface area contributed by atoms with Crippen LogP contribution in [0.25, 0.3) is 0 Å². The van der Waals surface area contributed by atoms with Gasteiger partial charge in [0.2, 0.25) is 0 Å². The van der Waals surface area contributed by atoms with Crippen LogP contribution in [0.5, 0.6) is 0 Å². The molecule has 0 aromatic heterocycles. The molecule has 0 saturated heterocycles. The van der Waals surface area contributed by atoms with E-state index in [-0.39, 0.29) is 11.7 Å². The van der Waals surface area contributed by atoms with Crippen molar-refractivity contribution in [3.8, 4) is 0 Å². The molecule has 0 spiro atoms. The van der Waals surface area contributed by atoms with Crippen molar-refractivity contribution >= 4 is 0 Å². The quantitative estimate of drug-likeness (QED) is 0.723. The molecular formula is C15H14F. The van der Waals surface area contributed by atoms with Crippen molar-refractivity contribution in [2.75, 3.05) is 0 Å². The van der Waals surface area contributed by atoms with Crippen molar-refractivity contribution in [2.24, 2.45) is 0 Å². The fourth-order valence-electron chi connectivity index (χ4n) is 1.75. The van der Waals surface area contributed by atoms with Gasteiger partial charge in [-0.3, -0.25) is 0 Å². The van der Waals surface area contributed by atoms with Crippen LogP contribution in [0.3, 0.4) is 0 Å². The van der Waals surface area contributed by atoms with E-state index in [1.165, 1.54) is 17.7 Å². The Labute approximate surface area is 95.7 Å². The molecule has 1 radical (unpaired) electrons. The summed E-state index contributed by atoms with van der Waals surface area (Å²) in [5, 5.41) is 0. The first-order valence-electron chi connectivity index (χ1n) is 5.38. The smallest absolute Gasteiger partial charge is 0.123 e. The SMILES string of the molecule is [CH2][C@@H](Cc1ccc(F)cc1)c1ccccc1. The van der Waals surface area contributed by atoms with Gasteiger partial charge in [0.1, 0.15) is 5.82 Å². The molecule has 1 heteroatoms. The van der Waals surface area contributed by atoms with E-state index in [0.717, 1.165) is 12.0 Å². The first kappa shape index (κ1) is 10.9. The second kappa shape index (κ2) is 4.93. The molecule has 1 atom stereocenters. The molecule has 0 unspecified atom stereocenters. The lowest BCUT2D eigenvalue weighted by molar-refractivity contribution is 0.626. The minimum Gasteiger partial charge on any atom is -0.207 e. The molecule has 0 aliphatic rings. The summed E-state index contributed by atoms with van der Waals surface area (Å²) in [5.74, 6) is 0.0238. The van der Waals surface area contributed by atoms with Crippen molar-refractivity contribution < 1.29 is 4.39 Å². The van der Waals surface area contributed by atoms with Gasteiger partial charge in [0, 0.05) is 0 Å². The molecule has 2 rings (SSSR count). The van der Waals surface area contributed by atoms with E-state index in [1.807, 2.05) is 30.3 Å². The van der Waals surface area contributed by atoms with Gasteiger partial charge in [0.05, 0.1) is 0 Å². The van der Waals surface area contributed by atoms with Crippen LogP contribution >= 0.6 is 0 Å². The molecule has 0 fully saturated rings. The topological polar surface area (TPSA) is 0 Å². The van der Waals surface area contributed by atoms with Gasteiger partial charge in [0.15, 0.2) is 0 Å². The van der Waals surface area contributed by atoms with E-state index in [9.17, 15) is 4.39 Å². The molecule has 0 aliphatic heterocycles. The maximum atomic E-state index is 12.7. The molecule has 0 amide bonds. The van der Waals surface area contributed by atoms with Gasteiger partial charge < -0.3 is 0 Å². The third kappa shape index (κ3) is 2.69. The first-order chi connectivity index (χ1) is 7.75. The lowest BCUT2D eigenvalue weighted by atomic mass is 9.94. The van der Waals surface area contributed by atoms with Crippen LogP contribution in [0.15, 0.2) is 54.6 Å². The Bertz CT molecular complexity index is 431. The number of hydrogen-bond acceptors (Lipinski definition) is 0. The summed E-state index contributed by atoms with van der Waals surface area (Å²) < 4.78 is 12.7. The normalized spacial score (nSPS) is 12.4. The Hall–Kier alpha value is -1.63. The molecule has 16 heavy (non-hydrogen) atoms. The average Bonchev–Trinajstić information content (AvgIpc) is 2.33. The lowest BCUT2D eigenvalue weighted by Crippen LogP contribution is -1.98.